The standard InChI is InChI=1S/C38H33N3O/c1-28(2)27-42-23-22-29-18-20-31(21-19-29)35-25-36(32-14-8-4-9-15-32)39-38(35)40-41-26-34(30-12-6-3-7-13-30)24-37(41)33-16-10-5-11-17-33/h3-26,28H,27H2,1-2H3/b23-22+,40-38-. The normalized spacial score (nSPS) is 14.0. The second-order valence-corrected chi connectivity index (χ2v) is 10.7. The van der Waals surface area contributed by atoms with E-state index in [0.717, 1.165) is 50.4 Å². The number of aliphatic imine (C=N–C) groups is 1. The van der Waals surface area contributed by atoms with E-state index in [1.54, 1.807) is 6.26 Å². The second kappa shape index (κ2) is 12.5. The number of rotatable bonds is 9. The topological polar surface area (TPSA) is 38.9 Å². The van der Waals surface area contributed by atoms with Crippen molar-refractivity contribution >= 4 is 23.2 Å². The number of hydrogen-bond donors (Lipinski definition) is 0. The van der Waals surface area contributed by atoms with Gasteiger partial charge in [-0.15, -0.1) is 5.10 Å². The van der Waals surface area contributed by atoms with E-state index < -0.39 is 0 Å². The minimum atomic E-state index is 0.495. The predicted octanol–water partition coefficient (Wildman–Crippen LogP) is 9.21. The lowest BCUT2D eigenvalue weighted by Crippen LogP contribution is -2.01. The molecule has 2 heterocycles. The van der Waals surface area contributed by atoms with Crippen molar-refractivity contribution in [1.82, 2.24) is 4.68 Å². The summed E-state index contributed by atoms with van der Waals surface area (Å²) in [5, 5.41) is 5.16. The maximum absolute atomic E-state index is 5.62. The van der Waals surface area contributed by atoms with Gasteiger partial charge in [0.2, 0.25) is 0 Å². The van der Waals surface area contributed by atoms with Gasteiger partial charge < -0.3 is 4.74 Å². The highest BCUT2D eigenvalue weighted by molar-refractivity contribution is 6.37. The first kappa shape index (κ1) is 27.0. The Morgan fingerprint density at radius 3 is 1.98 bits per heavy atom. The van der Waals surface area contributed by atoms with Crippen LogP contribution in [0, 0.1) is 5.92 Å². The molecule has 206 valence electrons. The lowest BCUT2D eigenvalue weighted by atomic mass is 10.0. The average Bonchev–Trinajstić information content (AvgIpc) is 3.66. The van der Waals surface area contributed by atoms with Crippen molar-refractivity contribution in [2.45, 2.75) is 13.8 Å². The van der Waals surface area contributed by atoms with Gasteiger partial charge in [-0.05, 0) is 40.8 Å². The highest BCUT2D eigenvalue weighted by Crippen LogP contribution is 2.31. The van der Waals surface area contributed by atoms with E-state index in [2.05, 4.69) is 117 Å². The molecule has 6 rings (SSSR count). The highest BCUT2D eigenvalue weighted by Gasteiger charge is 2.20. The quantitative estimate of drug-likeness (QED) is 0.170. The van der Waals surface area contributed by atoms with Crippen LogP contribution in [0.3, 0.4) is 0 Å². The van der Waals surface area contributed by atoms with Crippen LogP contribution in [0.25, 0.3) is 34.0 Å². The summed E-state index contributed by atoms with van der Waals surface area (Å²) in [6, 6.07) is 41.7. The molecule has 1 aromatic heterocycles. The Morgan fingerprint density at radius 2 is 1.33 bits per heavy atom. The molecule has 0 N–H and O–H groups in total. The smallest absolute Gasteiger partial charge is 0.181 e. The number of aromatic nitrogens is 1. The van der Waals surface area contributed by atoms with Crippen LogP contribution in [0.1, 0.15) is 30.5 Å². The molecule has 42 heavy (non-hydrogen) atoms. The fourth-order valence-corrected chi connectivity index (χ4v) is 4.85. The first-order valence-corrected chi connectivity index (χ1v) is 14.3. The van der Waals surface area contributed by atoms with E-state index in [1.807, 2.05) is 41.1 Å². The monoisotopic (exact) mass is 547 g/mol. The third-order valence-electron chi connectivity index (χ3n) is 7.01. The molecule has 0 saturated carbocycles. The minimum Gasteiger partial charge on any atom is -0.501 e. The zero-order chi connectivity index (χ0) is 28.7. The number of nitrogens with zero attached hydrogens (tertiary/aromatic N) is 3. The first-order chi connectivity index (χ1) is 20.6. The fraction of sp³-hybridized carbons (Fsp3) is 0.105. The summed E-state index contributed by atoms with van der Waals surface area (Å²) >= 11 is 0. The van der Waals surface area contributed by atoms with Crippen molar-refractivity contribution in [1.29, 1.82) is 0 Å². The van der Waals surface area contributed by atoms with Crippen LogP contribution in [-0.4, -0.2) is 22.8 Å². The van der Waals surface area contributed by atoms with Gasteiger partial charge >= 0.3 is 0 Å². The average molecular weight is 548 g/mol. The van der Waals surface area contributed by atoms with Gasteiger partial charge in [-0.2, -0.15) is 0 Å². The van der Waals surface area contributed by atoms with Gasteiger partial charge in [-0.1, -0.05) is 129 Å². The van der Waals surface area contributed by atoms with Crippen LogP contribution < -0.4 is 0 Å². The Labute approximate surface area is 247 Å². The summed E-state index contributed by atoms with van der Waals surface area (Å²) in [6.45, 7) is 4.99. The zero-order valence-electron chi connectivity index (χ0n) is 23.9. The van der Waals surface area contributed by atoms with E-state index >= 15 is 0 Å². The van der Waals surface area contributed by atoms with E-state index in [0.29, 0.717) is 18.4 Å². The summed E-state index contributed by atoms with van der Waals surface area (Å²) in [4.78, 5) is 5.05. The van der Waals surface area contributed by atoms with Gasteiger partial charge in [-0.3, -0.25) is 0 Å². The Hall–Kier alpha value is -5.22. The van der Waals surface area contributed by atoms with Gasteiger partial charge in [0, 0.05) is 28.5 Å². The van der Waals surface area contributed by atoms with Gasteiger partial charge in [0.05, 0.1) is 24.3 Å². The van der Waals surface area contributed by atoms with Crippen LogP contribution in [0.2, 0.25) is 0 Å². The summed E-state index contributed by atoms with van der Waals surface area (Å²) in [5.74, 6) is 1.17. The van der Waals surface area contributed by atoms with Gasteiger partial charge in [0.15, 0.2) is 5.84 Å². The molecule has 0 radical (unpaired) electrons. The summed E-state index contributed by atoms with van der Waals surface area (Å²) in [6.07, 6.45) is 7.99. The number of benzene rings is 4. The lowest BCUT2D eigenvalue weighted by Gasteiger charge is -2.07. The summed E-state index contributed by atoms with van der Waals surface area (Å²) in [7, 11) is 0. The molecule has 4 aromatic carbocycles. The van der Waals surface area contributed by atoms with E-state index in [1.165, 1.54) is 0 Å². The van der Waals surface area contributed by atoms with Crippen LogP contribution in [0.4, 0.5) is 0 Å². The van der Waals surface area contributed by atoms with E-state index in [-0.39, 0.29) is 0 Å². The summed E-state index contributed by atoms with van der Waals surface area (Å²) < 4.78 is 7.58. The van der Waals surface area contributed by atoms with Gasteiger partial charge in [-0.25, -0.2) is 9.67 Å². The third kappa shape index (κ3) is 6.24. The minimum absolute atomic E-state index is 0.495. The Bertz CT molecular complexity index is 1760. The Balaban J connectivity index is 1.41. The van der Waals surface area contributed by atoms with Crippen molar-refractivity contribution in [2.75, 3.05) is 6.61 Å². The van der Waals surface area contributed by atoms with Crippen molar-refractivity contribution in [3.63, 3.8) is 0 Å². The Kier molecular flexibility index (Phi) is 8.05. The largest absolute Gasteiger partial charge is 0.501 e. The number of amidine groups is 1. The highest BCUT2D eigenvalue weighted by atomic mass is 16.5. The first-order valence-electron chi connectivity index (χ1n) is 14.3. The van der Waals surface area contributed by atoms with Crippen LogP contribution in [0.5, 0.6) is 0 Å². The van der Waals surface area contributed by atoms with Gasteiger partial charge in [0.25, 0.3) is 0 Å². The van der Waals surface area contributed by atoms with Crippen molar-refractivity contribution in [3.05, 3.63) is 157 Å². The molecule has 0 amide bonds. The van der Waals surface area contributed by atoms with E-state index in [4.69, 9.17) is 14.8 Å². The molecular weight excluding hydrogens is 514 g/mol. The maximum atomic E-state index is 5.62. The molecular formula is C38H33N3O. The predicted molar refractivity (Wildman–Crippen MR) is 175 cm³/mol. The van der Waals surface area contributed by atoms with Crippen molar-refractivity contribution < 1.29 is 4.74 Å². The molecule has 0 saturated heterocycles. The van der Waals surface area contributed by atoms with Crippen molar-refractivity contribution in [3.8, 4) is 22.4 Å². The molecule has 4 heteroatoms. The molecule has 5 aromatic rings. The summed E-state index contributed by atoms with van der Waals surface area (Å²) in [5.41, 5.74) is 9.41. The lowest BCUT2D eigenvalue weighted by molar-refractivity contribution is 0.213. The van der Waals surface area contributed by atoms with Crippen molar-refractivity contribution in [2.24, 2.45) is 16.0 Å². The SMILES string of the molecule is CC(C)CO/C=C/c1ccc(C2=CC(c3ccccc3)=N/C2=N\n2cc(-c3ccccc3)cc2-c2ccccc2)cc1. The Morgan fingerprint density at radius 1 is 0.714 bits per heavy atom. The van der Waals surface area contributed by atoms with Crippen LogP contribution in [0.15, 0.2) is 150 Å². The molecule has 0 atom stereocenters. The fourth-order valence-electron chi connectivity index (χ4n) is 4.85. The molecule has 0 spiro atoms. The number of allylic oxidation sites excluding steroid dienone is 1. The van der Waals surface area contributed by atoms with Crippen LogP contribution in [-0.2, 0) is 4.74 Å². The molecule has 0 unspecified atom stereocenters. The molecule has 1 aliphatic rings. The number of hydrogen-bond acceptors (Lipinski definition) is 2. The molecule has 0 fully saturated rings. The maximum Gasteiger partial charge on any atom is 0.181 e. The van der Waals surface area contributed by atoms with E-state index in [9.17, 15) is 0 Å². The molecule has 0 aliphatic carbocycles. The molecule has 4 nitrogen and oxygen atoms in total. The molecule has 1 aliphatic heterocycles. The number of ether oxygens (including phenoxy) is 1. The van der Waals surface area contributed by atoms with Gasteiger partial charge in [0.1, 0.15) is 0 Å². The zero-order valence-corrected chi connectivity index (χ0v) is 23.9. The molecule has 0 bridgehead atoms. The van der Waals surface area contributed by atoms with Crippen LogP contribution >= 0.6 is 0 Å². The third-order valence-corrected chi connectivity index (χ3v) is 7.01. The second-order valence-electron chi connectivity index (χ2n) is 10.7.